The van der Waals surface area contributed by atoms with E-state index in [1.54, 1.807) is 4.57 Å². The van der Waals surface area contributed by atoms with Gasteiger partial charge in [0, 0.05) is 12.1 Å². The molecule has 1 aromatic carbocycles. The number of aryl methyl sites for hydroxylation is 3. The summed E-state index contributed by atoms with van der Waals surface area (Å²) in [5.74, 6) is 0.824. The maximum atomic E-state index is 12.5. The van der Waals surface area contributed by atoms with Crippen LogP contribution in [0.15, 0.2) is 48.8 Å². The third-order valence-electron chi connectivity index (χ3n) is 3.62. The molecule has 2 aromatic heterocycles. The number of imidazole rings is 1. The van der Waals surface area contributed by atoms with Crippen molar-refractivity contribution in [3.8, 4) is 0 Å². The first-order valence-electron chi connectivity index (χ1n) is 7.08. The number of hydrogen-bond donors (Lipinski definition) is 0. The molecule has 4 heteroatoms. The lowest BCUT2D eigenvalue weighted by molar-refractivity contribution is -0.695. The highest BCUT2D eigenvalue weighted by Gasteiger charge is 2.15. The van der Waals surface area contributed by atoms with Gasteiger partial charge in [0.05, 0.1) is 17.5 Å². The fourth-order valence-electron chi connectivity index (χ4n) is 2.48. The molecule has 0 fully saturated rings. The van der Waals surface area contributed by atoms with E-state index in [2.05, 4.69) is 11.9 Å². The van der Waals surface area contributed by atoms with E-state index in [1.807, 2.05) is 60.3 Å². The van der Waals surface area contributed by atoms with E-state index >= 15 is 0 Å². The van der Waals surface area contributed by atoms with Crippen LogP contribution in [0.4, 0.5) is 0 Å². The zero-order valence-corrected chi connectivity index (χ0v) is 12.3. The van der Waals surface area contributed by atoms with Crippen molar-refractivity contribution in [1.29, 1.82) is 0 Å². The van der Waals surface area contributed by atoms with Gasteiger partial charge in [-0.2, -0.15) is 0 Å². The Morgan fingerprint density at radius 1 is 1.14 bits per heavy atom. The number of rotatable bonds is 3. The average molecular weight is 280 g/mol. The van der Waals surface area contributed by atoms with Crippen molar-refractivity contribution < 1.29 is 9.36 Å². The van der Waals surface area contributed by atoms with E-state index in [1.165, 1.54) is 5.56 Å². The van der Waals surface area contributed by atoms with Crippen LogP contribution in [-0.2, 0) is 6.54 Å². The van der Waals surface area contributed by atoms with Gasteiger partial charge in [-0.05, 0) is 31.5 Å². The molecule has 0 atom stereocenters. The molecule has 2 heterocycles. The first-order valence-corrected chi connectivity index (χ1v) is 7.08. The third kappa shape index (κ3) is 2.70. The molecule has 3 rings (SSSR count). The van der Waals surface area contributed by atoms with Gasteiger partial charge in [0.2, 0.25) is 5.91 Å². The van der Waals surface area contributed by atoms with Crippen LogP contribution < -0.4 is 4.57 Å². The van der Waals surface area contributed by atoms with Gasteiger partial charge in [-0.25, -0.2) is 9.55 Å². The summed E-state index contributed by atoms with van der Waals surface area (Å²) < 4.78 is 3.74. The van der Waals surface area contributed by atoms with E-state index in [0.717, 1.165) is 16.9 Å². The number of nitrogens with zero attached hydrogens (tertiary/aromatic N) is 3. The largest absolute Gasteiger partial charge is 0.274 e. The zero-order chi connectivity index (χ0) is 14.8. The monoisotopic (exact) mass is 280 g/mol. The van der Waals surface area contributed by atoms with Gasteiger partial charge in [0.1, 0.15) is 5.82 Å². The number of carbonyl (C=O) groups is 1. The molecule has 0 aliphatic carbocycles. The Hall–Kier alpha value is -2.49. The molecule has 0 aliphatic heterocycles. The molecule has 4 nitrogen and oxygen atoms in total. The summed E-state index contributed by atoms with van der Waals surface area (Å²) >= 11 is 0. The molecular weight excluding hydrogens is 262 g/mol. The Kier molecular flexibility index (Phi) is 3.52. The van der Waals surface area contributed by atoms with Crippen molar-refractivity contribution in [2.45, 2.75) is 26.8 Å². The Morgan fingerprint density at radius 3 is 2.62 bits per heavy atom. The van der Waals surface area contributed by atoms with Crippen LogP contribution in [0.25, 0.3) is 11.0 Å². The second-order valence-corrected chi connectivity index (χ2v) is 5.24. The molecule has 0 bridgehead atoms. The Morgan fingerprint density at radius 2 is 1.86 bits per heavy atom. The number of aromatic nitrogens is 3. The van der Waals surface area contributed by atoms with E-state index in [-0.39, 0.29) is 5.91 Å². The molecule has 0 saturated carbocycles. The standard InChI is InChI=1S/C17H18N3O/c1-13-7-10-19(11-8-13)12-9-17(21)20-14(2)18-15-5-3-4-6-16(15)20/h3-8,10-11H,9,12H2,1-2H3/q+1. The summed E-state index contributed by atoms with van der Waals surface area (Å²) in [7, 11) is 0. The fraction of sp³-hybridized carbons (Fsp3) is 0.235. The van der Waals surface area contributed by atoms with E-state index < -0.39 is 0 Å². The van der Waals surface area contributed by atoms with Crippen molar-refractivity contribution in [2.24, 2.45) is 0 Å². The normalized spacial score (nSPS) is 11.0. The van der Waals surface area contributed by atoms with Gasteiger partial charge >= 0.3 is 0 Å². The average Bonchev–Trinajstić information content (AvgIpc) is 2.82. The summed E-state index contributed by atoms with van der Waals surface area (Å²) in [6.45, 7) is 4.60. The van der Waals surface area contributed by atoms with E-state index in [9.17, 15) is 4.79 Å². The molecule has 0 amide bonds. The highest BCUT2D eigenvalue weighted by molar-refractivity contribution is 5.90. The van der Waals surface area contributed by atoms with E-state index in [0.29, 0.717) is 13.0 Å². The van der Waals surface area contributed by atoms with Gasteiger partial charge in [0.15, 0.2) is 18.9 Å². The second-order valence-electron chi connectivity index (χ2n) is 5.24. The van der Waals surface area contributed by atoms with Gasteiger partial charge in [-0.15, -0.1) is 0 Å². The van der Waals surface area contributed by atoms with Crippen LogP contribution in [0, 0.1) is 13.8 Å². The van der Waals surface area contributed by atoms with Crippen molar-refractivity contribution in [1.82, 2.24) is 9.55 Å². The number of pyridine rings is 1. The van der Waals surface area contributed by atoms with Crippen LogP contribution in [0.2, 0.25) is 0 Å². The molecule has 0 spiro atoms. The van der Waals surface area contributed by atoms with Gasteiger partial charge in [0.25, 0.3) is 0 Å². The first-order chi connectivity index (χ1) is 10.1. The van der Waals surface area contributed by atoms with E-state index in [4.69, 9.17) is 0 Å². The number of para-hydroxylation sites is 2. The topological polar surface area (TPSA) is 38.8 Å². The molecule has 0 saturated heterocycles. The van der Waals surface area contributed by atoms with Gasteiger partial charge in [-0.1, -0.05) is 12.1 Å². The van der Waals surface area contributed by atoms with Crippen LogP contribution in [0.3, 0.4) is 0 Å². The molecule has 0 aliphatic rings. The van der Waals surface area contributed by atoms with Crippen molar-refractivity contribution in [3.05, 3.63) is 60.2 Å². The minimum atomic E-state index is 0.0780. The Labute approximate surface area is 123 Å². The lowest BCUT2D eigenvalue weighted by Gasteiger charge is -2.04. The lowest BCUT2D eigenvalue weighted by Crippen LogP contribution is -2.34. The highest BCUT2D eigenvalue weighted by atomic mass is 16.2. The Bertz CT molecular complexity index is 787. The summed E-state index contributed by atoms with van der Waals surface area (Å²) in [6, 6.07) is 11.8. The van der Waals surface area contributed by atoms with Crippen LogP contribution in [-0.4, -0.2) is 15.5 Å². The number of fused-ring (bicyclic) bond motifs is 1. The van der Waals surface area contributed by atoms with Gasteiger partial charge in [-0.3, -0.25) is 9.36 Å². The number of benzene rings is 1. The van der Waals surface area contributed by atoms with Crippen LogP contribution in [0.1, 0.15) is 22.6 Å². The lowest BCUT2D eigenvalue weighted by atomic mass is 10.3. The fourth-order valence-corrected chi connectivity index (χ4v) is 2.48. The molecule has 0 radical (unpaired) electrons. The Balaban J connectivity index is 1.81. The maximum Gasteiger partial charge on any atom is 0.238 e. The summed E-state index contributed by atoms with van der Waals surface area (Å²) in [5.41, 5.74) is 2.97. The van der Waals surface area contributed by atoms with Gasteiger partial charge < -0.3 is 0 Å². The van der Waals surface area contributed by atoms with Crippen molar-refractivity contribution >= 4 is 16.9 Å². The smallest absolute Gasteiger partial charge is 0.238 e. The second kappa shape index (κ2) is 5.48. The zero-order valence-electron chi connectivity index (χ0n) is 12.3. The highest BCUT2D eigenvalue weighted by Crippen LogP contribution is 2.15. The minimum absolute atomic E-state index is 0.0780. The predicted octanol–water partition coefficient (Wildman–Crippen LogP) is 2.67. The molecule has 0 unspecified atom stereocenters. The molecular formula is C17H18N3O+. The van der Waals surface area contributed by atoms with Crippen molar-refractivity contribution in [3.63, 3.8) is 0 Å². The molecule has 3 aromatic rings. The molecule has 21 heavy (non-hydrogen) atoms. The number of hydrogen-bond acceptors (Lipinski definition) is 2. The first kappa shape index (κ1) is 13.5. The minimum Gasteiger partial charge on any atom is -0.274 e. The predicted molar refractivity (Wildman–Crippen MR) is 81.1 cm³/mol. The number of carbonyl (C=O) groups excluding carboxylic acids is 1. The SMILES string of the molecule is Cc1cc[n+](CCC(=O)n2c(C)nc3ccccc32)cc1. The quantitative estimate of drug-likeness (QED) is 0.692. The molecule has 106 valence electrons. The van der Waals surface area contributed by atoms with Crippen molar-refractivity contribution in [2.75, 3.05) is 0 Å². The molecule has 0 N–H and O–H groups in total. The maximum absolute atomic E-state index is 12.5. The van der Waals surface area contributed by atoms with Crippen LogP contribution in [0.5, 0.6) is 0 Å². The summed E-state index contributed by atoms with van der Waals surface area (Å²) in [4.78, 5) is 16.9. The summed E-state index contributed by atoms with van der Waals surface area (Å²) in [6.07, 6.45) is 4.46. The third-order valence-corrected chi connectivity index (χ3v) is 3.62. The van der Waals surface area contributed by atoms with Crippen LogP contribution >= 0.6 is 0 Å². The summed E-state index contributed by atoms with van der Waals surface area (Å²) in [5, 5.41) is 0.